The number of fused-ring (bicyclic) bond motifs is 1. The third kappa shape index (κ3) is 11.5. The second kappa shape index (κ2) is 17.2. The van der Waals surface area contributed by atoms with Crippen LogP contribution in [0.25, 0.3) is 0 Å². The Balaban J connectivity index is 1.88. The number of ether oxygens (including phenoxy) is 2. The highest BCUT2D eigenvalue weighted by molar-refractivity contribution is 5.99. The summed E-state index contributed by atoms with van der Waals surface area (Å²) in [6.07, 6.45) is 0.238. The van der Waals surface area contributed by atoms with Gasteiger partial charge in [0.05, 0.1) is 36.8 Å². The number of alkyl halides is 3. The van der Waals surface area contributed by atoms with Gasteiger partial charge >= 0.3 is 6.18 Å². The minimum Gasteiger partial charge on any atom is -0.490 e. The summed E-state index contributed by atoms with van der Waals surface area (Å²) >= 11 is 0. The van der Waals surface area contributed by atoms with E-state index in [9.17, 15) is 32.7 Å². The third-order valence-corrected chi connectivity index (χ3v) is 8.76. The summed E-state index contributed by atoms with van der Waals surface area (Å²) in [7, 11) is 1.80. The first-order chi connectivity index (χ1) is 21.3. The molecular weight excluding hydrogens is 591 g/mol. The van der Waals surface area contributed by atoms with Gasteiger partial charge in [-0.15, -0.1) is 0 Å². The summed E-state index contributed by atoms with van der Waals surface area (Å²) in [6.45, 7) is 6.31. The van der Waals surface area contributed by atoms with Gasteiger partial charge < -0.3 is 29.7 Å². The lowest BCUT2D eigenvalue weighted by Gasteiger charge is -2.36. The monoisotopic (exact) mass is 641 g/mol. The summed E-state index contributed by atoms with van der Waals surface area (Å²) in [4.78, 5) is 43.0. The number of rotatable bonds is 8. The molecule has 3 amide bonds. The number of aliphatic hydroxyl groups excluding tert-OH is 1. The number of hydrogen-bond acceptors (Lipinski definition) is 6. The minimum absolute atomic E-state index is 0.0196. The number of carbonyl (C=O) groups excluding carboxylic acids is 3. The largest absolute Gasteiger partial charge is 0.490 e. The number of hydrogen-bond donors (Lipinski definition) is 2. The van der Waals surface area contributed by atoms with Crippen LogP contribution in [0.4, 0.5) is 18.9 Å². The van der Waals surface area contributed by atoms with Gasteiger partial charge in [0.2, 0.25) is 11.8 Å². The van der Waals surface area contributed by atoms with Crippen molar-refractivity contribution in [2.75, 3.05) is 38.7 Å². The van der Waals surface area contributed by atoms with Crippen molar-refractivity contribution < 1.29 is 42.1 Å². The number of amides is 3. The molecule has 1 aliphatic carbocycles. The van der Waals surface area contributed by atoms with Crippen LogP contribution in [0.1, 0.15) is 95.3 Å². The van der Waals surface area contributed by atoms with E-state index in [1.54, 1.807) is 18.9 Å². The molecule has 12 heteroatoms. The zero-order chi connectivity index (χ0) is 33.1. The van der Waals surface area contributed by atoms with Crippen molar-refractivity contribution in [1.82, 2.24) is 9.80 Å². The SMILES string of the molecule is C[C@@H]1CCCCO[C@@H](CN(C)C(=O)C2CCCCC2)[C@@H](C)CN([C@@H](C)CO)C(=O)c2cc(NC(=O)CCC(F)(F)F)ccc2O1. The van der Waals surface area contributed by atoms with Crippen molar-refractivity contribution >= 4 is 23.4 Å². The fourth-order valence-electron chi connectivity index (χ4n) is 5.96. The molecule has 0 spiro atoms. The first kappa shape index (κ1) is 36.6. The molecule has 1 aliphatic heterocycles. The molecule has 0 saturated heterocycles. The van der Waals surface area contributed by atoms with Crippen LogP contribution in [0, 0.1) is 11.8 Å². The van der Waals surface area contributed by atoms with Crippen LogP contribution in [0.2, 0.25) is 0 Å². The van der Waals surface area contributed by atoms with Crippen LogP contribution in [0.3, 0.4) is 0 Å². The Hall–Kier alpha value is -2.86. The average Bonchev–Trinajstić information content (AvgIpc) is 3.01. The zero-order valence-corrected chi connectivity index (χ0v) is 27.0. The molecule has 254 valence electrons. The second-order valence-corrected chi connectivity index (χ2v) is 12.7. The van der Waals surface area contributed by atoms with Crippen molar-refractivity contribution in [2.45, 2.75) is 109 Å². The molecule has 3 rings (SSSR count). The van der Waals surface area contributed by atoms with E-state index >= 15 is 0 Å². The summed E-state index contributed by atoms with van der Waals surface area (Å²) in [5, 5.41) is 12.6. The Morgan fingerprint density at radius 3 is 2.47 bits per heavy atom. The maximum absolute atomic E-state index is 14.2. The van der Waals surface area contributed by atoms with Crippen LogP contribution in [0.15, 0.2) is 18.2 Å². The van der Waals surface area contributed by atoms with Crippen molar-refractivity contribution in [2.24, 2.45) is 11.8 Å². The summed E-state index contributed by atoms with van der Waals surface area (Å²) < 4.78 is 50.5. The van der Waals surface area contributed by atoms with E-state index in [4.69, 9.17) is 9.47 Å². The molecule has 45 heavy (non-hydrogen) atoms. The number of halogens is 3. The number of benzene rings is 1. The van der Waals surface area contributed by atoms with Crippen molar-refractivity contribution in [3.05, 3.63) is 23.8 Å². The third-order valence-electron chi connectivity index (χ3n) is 8.76. The Kier molecular flexibility index (Phi) is 14.0. The second-order valence-electron chi connectivity index (χ2n) is 12.7. The number of anilines is 1. The number of likely N-dealkylation sites (N-methyl/N-ethyl adjacent to an activating group) is 1. The van der Waals surface area contributed by atoms with E-state index in [0.29, 0.717) is 19.6 Å². The van der Waals surface area contributed by atoms with Crippen molar-refractivity contribution in [1.29, 1.82) is 0 Å². The summed E-state index contributed by atoms with van der Waals surface area (Å²) in [5.41, 5.74) is 0.294. The molecule has 1 saturated carbocycles. The Labute approximate surface area is 264 Å². The highest BCUT2D eigenvalue weighted by Crippen LogP contribution is 2.30. The van der Waals surface area contributed by atoms with Crippen LogP contribution in [0.5, 0.6) is 5.75 Å². The molecule has 1 fully saturated rings. The smallest absolute Gasteiger partial charge is 0.389 e. The quantitative estimate of drug-likeness (QED) is 0.372. The molecule has 0 aromatic heterocycles. The minimum atomic E-state index is -4.47. The van der Waals surface area contributed by atoms with E-state index in [2.05, 4.69) is 5.32 Å². The molecule has 0 bridgehead atoms. The molecule has 0 unspecified atom stereocenters. The van der Waals surface area contributed by atoms with Gasteiger partial charge in [-0.05, 0) is 64.2 Å². The molecule has 9 nitrogen and oxygen atoms in total. The molecule has 4 atom stereocenters. The normalized spacial score (nSPS) is 23.3. The molecule has 1 heterocycles. The lowest BCUT2D eigenvalue weighted by Crippen LogP contribution is -2.48. The first-order valence-electron chi connectivity index (χ1n) is 16.2. The molecule has 1 aromatic rings. The van der Waals surface area contributed by atoms with Gasteiger partial charge in [0, 0.05) is 50.7 Å². The average molecular weight is 642 g/mol. The fourth-order valence-corrected chi connectivity index (χ4v) is 5.96. The molecule has 2 N–H and O–H groups in total. The van der Waals surface area contributed by atoms with Crippen LogP contribution in [-0.2, 0) is 14.3 Å². The Bertz CT molecular complexity index is 1130. The topological polar surface area (TPSA) is 108 Å². The standard InChI is InChI=1S/C33H50F3N3O6/c1-22-19-39(23(2)21-40)32(43)27-18-26(37-30(41)15-16-33(34,35)36)13-14-28(27)45-24(3)10-8-9-17-44-29(22)20-38(4)31(42)25-11-6-5-7-12-25/h13-14,18,22-25,29,40H,5-12,15-17,19-21H2,1-4H3,(H,37,41)/t22-,23-,24+,29-/m0/s1. The summed E-state index contributed by atoms with van der Waals surface area (Å²) in [5.74, 6) is -1.08. The zero-order valence-electron chi connectivity index (χ0n) is 27.0. The Morgan fingerprint density at radius 1 is 1.11 bits per heavy atom. The van der Waals surface area contributed by atoms with Crippen LogP contribution < -0.4 is 10.1 Å². The molecule has 0 radical (unpaired) electrons. The van der Waals surface area contributed by atoms with E-state index in [1.165, 1.54) is 23.1 Å². The molecular formula is C33H50F3N3O6. The van der Waals surface area contributed by atoms with Gasteiger partial charge in [-0.2, -0.15) is 13.2 Å². The summed E-state index contributed by atoms with van der Waals surface area (Å²) in [6, 6.07) is 3.86. The van der Waals surface area contributed by atoms with Crippen molar-refractivity contribution in [3.8, 4) is 5.75 Å². The van der Waals surface area contributed by atoms with E-state index in [1.807, 2.05) is 13.8 Å². The molecule has 1 aromatic carbocycles. The van der Waals surface area contributed by atoms with Gasteiger partial charge in [-0.25, -0.2) is 0 Å². The highest BCUT2D eigenvalue weighted by Gasteiger charge is 2.33. The maximum Gasteiger partial charge on any atom is 0.389 e. The maximum atomic E-state index is 14.2. The number of carbonyl (C=O) groups is 3. The van der Waals surface area contributed by atoms with Crippen LogP contribution >= 0.6 is 0 Å². The van der Waals surface area contributed by atoms with E-state index in [0.717, 1.165) is 44.9 Å². The number of aliphatic hydroxyl groups is 1. The van der Waals surface area contributed by atoms with Gasteiger partial charge in [-0.1, -0.05) is 26.2 Å². The molecule has 2 aliphatic rings. The van der Waals surface area contributed by atoms with Gasteiger partial charge in [0.15, 0.2) is 0 Å². The van der Waals surface area contributed by atoms with Gasteiger partial charge in [0.1, 0.15) is 5.75 Å². The van der Waals surface area contributed by atoms with Gasteiger partial charge in [-0.3, -0.25) is 14.4 Å². The number of nitrogens with one attached hydrogen (secondary N) is 1. The highest BCUT2D eigenvalue weighted by atomic mass is 19.4. The Morgan fingerprint density at radius 2 is 1.80 bits per heavy atom. The lowest BCUT2D eigenvalue weighted by atomic mass is 9.88. The lowest BCUT2D eigenvalue weighted by molar-refractivity contribution is -0.142. The fraction of sp³-hybridized carbons (Fsp3) is 0.727. The predicted molar refractivity (Wildman–Crippen MR) is 165 cm³/mol. The van der Waals surface area contributed by atoms with Crippen LogP contribution in [-0.4, -0.2) is 90.4 Å². The van der Waals surface area contributed by atoms with Crippen molar-refractivity contribution in [3.63, 3.8) is 0 Å². The van der Waals surface area contributed by atoms with E-state index in [-0.39, 0.29) is 60.1 Å². The first-order valence-corrected chi connectivity index (χ1v) is 16.2. The van der Waals surface area contributed by atoms with E-state index < -0.39 is 36.9 Å². The number of nitrogens with zero attached hydrogens (tertiary/aromatic N) is 2. The van der Waals surface area contributed by atoms with Gasteiger partial charge in [0.25, 0.3) is 5.91 Å². The predicted octanol–water partition coefficient (Wildman–Crippen LogP) is 5.80.